The molecule has 4 heteroatoms. The third-order valence-electron chi connectivity index (χ3n) is 4.48. The highest BCUT2D eigenvalue weighted by Gasteiger charge is 2.14. The van der Waals surface area contributed by atoms with Gasteiger partial charge in [-0.1, -0.05) is 43.9 Å². The molecule has 23 heavy (non-hydrogen) atoms. The smallest absolute Gasteiger partial charge is 0.231 e. The Kier molecular flexibility index (Phi) is 5.46. The zero-order chi connectivity index (χ0) is 15.9. The molecule has 1 heterocycles. The van der Waals surface area contributed by atoms with Crippen molar-refractivity contribution >= 4 is 17.5 Å². The number of anilines is 3. The van der Waals surface area contributed by atoms with Crippen molar-refractivity contribution in [1.29, 1.82) is 0 Å². The number of nitrogens with zero attached hydrogens (tertiary/aromatic N) is 3. The number of rotatable bonds is 5. The van der Waals surface area contributed by atoms with E-state index in [1.165, 1.54) is 38.5 Å². The third-order valence-corrected chi connectivity index (χ3v) is 4.48. The highest BCUT2D eigenvalue weighted by Crippen LogP contribution is 2.24. The van der Waals surface area contributed by atoms with Crippen molar-refractivity contribution in [1.82, 2.24) is 9.97 Å². The summed E-state index contributed by atoms with van der Waals surface area (Å²) in [6.45, 7) is 2.97. The average Bonchev–Trinajstić information content (AvgIpc) is 2.86. The van der Waals surface area contributed by atoms with Crippen molar-refractivity contribution in [2.45, 2.75) is 51.5 Å². The summed E-state index contributed by atoms with van der Waals surface area (Å²) in [7, 11) is 0. The van der Waals surface area contributed by atoms with Crippen LogP contribution in [0, 0.1) is 0 Å². The Morgan fingerprint density at radius 1 is 1.04 bits per heavy atom. The quantitative estimate of drug-likeness (QED) is 0.808. The molecule has 2 aromatic rings. The SMILES string of the molecule is CCN(c1ccccc1)c1nccc(NC2CCCCCC2)n1. The van der Waals surface area contributed by atoms with Gasteiger partial charge in [0.2, 0.25) is 5.95 Å². The van der Waals surface area contributed by atoms with Gasteiger partial charge in [0, 0.05) is 24.5 Å². The predicted octanol–water partition coefficient (Wildman–Crippen LogP) is 4.77. The zero-order valence-corrected chi connectivity index (χ0v) is 13.9. The third kappa shape index (κ3) is 4.21. The summed E-state index contributed by atoms with van der Waals surface area (Å²) < 4.78 is 0. The first kappa shape index (κ1) is 15.8. The van der Waals surface area contributed by atoms with Gasteiger partial charge >= 0.3 is 0 Å². The summed E-state index contributed by atoms with van der Waals surface area (Å²) in [5, 5.41) is 3.61. The Balaban J connectivity index is 1.75. The summed E-state index contributed by atoms with van der Waals surface area (Å²) in [5.41, 5.74) is 1.13. The molecule has 1 aromatic carbocycles. The lowest BCUT2D eigenvalue weighted by Gasteiger charge is -2.22. The first-order chi connectivity index (χ1) is 11.4. The van der Waals surface area contributed by atoms with Gasteiger partial charge in [0.1, 0.15) is 5.82 Å². The van der Waals surface area contributed by atoms with E-state index in [4.69, 9.17) is 4.98 Å². The van der Waals surface area contributed by atoms with Crippen LogP contribution >= 0.6 is 0 Å². The maximum Gasteiger partial charge on any atom is 0.231 e. The molecule has 3 rings (SSSR count). The van der Waals surface area contributed by atoms with Crippen molar-refractivity contribution < 1.29 is 0 Å². The molecule has 1 fully saturated rings. The van der Waals surface area contributed by atoms with Crippen LogP contribution in [0.1, 0.15) is 45.4 Å². The number of benzene rings is 1. The van der Waals surface area contributed by atoms with E-state index >= 15 is 0 Å². The minimum absolute atomic E-state index is 0.548. The first-order valence-electron chi connectivity index (χ1n) is 8.79. The van der Waals surface area contributed by atoms with Crippen molar-refractivity contribution in [2.24, 2.45) is 0 Å². The molecule has 0 radical (unpaired) electrons. The zero-order valence-electron chi connectivity index (χ0n) is 13.9. The van der Waals surface area contributed by atoms with Crippen molar-refractivity contribution in [3.8, 4) is 0 Å². The van der Waals surface area contributed by atoms with Crippen LogP contribution in [0.25, 0.3) is 0 Å². The van der Waals surface area contributed by atoms with Crippen LogP contribution in [0.4, 0.5) is 17.5 Å². The number of nitrogens with one attached hydrogen (secondary N) is 1. The molecule has 1 aromatic heterocycles. The predicted molar refractivity (Wildman–Crippen MR) is 96.3 cm³/mol. The summed E-state index contributed by atoms with van der Waals surface area (Å²) in [5.74, 6) is 1.70. The molecule has 1 N–H and O–H groups in total. The molecule has 0 spiro atoms. The molecule has 122 valence electrons. The van der Waals surface area contributed by atoms with Crippen LogP contribution in [-0.2, 0) is 0 Å². The van der Waals surface area contributed by atoms with Gasteiger partial charge in [0.15, 0.2) is 0 Å². The van der Waals surface area contributed by atoms with E-state index in [0.29, 0.717) is 6.04 Å². The molecule has 1 aliphatic rings. The fourth-order valence-corrected chi connectivity index (χ4v) is 3.24. The lowest BCUT2D eigenvalue weighted by molar-refractivity contribution is 0.617. The van der Waals surface area contributed by atoms with Gasteiger partial charge in [-0.15, -0.1) is 0 Å². The van der Waals surface area contributed by atoms with Crippen molar-refractivity contribution in [2.75, 3.05) is 16.8 Å². The Morgan fingerprint density at radius 3 is 2.48 bits per heavy atom. The number of aromatic nitrogens is 2. The second-order valence-electron chi connectivity index (χ2n) is 6.15. The Hall–Kier alpha value is -2.10. The maximum atomic E-state index is 4.75. The molecule has 0 unspecified atom stereocenters. The van der Waals surface area contributed by atoms with Gasteiger partial charge in [-0.3, -0.25) is 0 Å². The molecule has 1 aliphatic carbocycles. The van der Waals surface area contributed by atoms with Crippen molar-refractivity contribution in [3.63, 3.8) is 0 Å². The molecular formula is C19H26N4. The summed E-state index contributed by atoms with van der Waals surface area (Å²) in [6.07, 6.45) is 9.72. The Bertz CT molecular complexity index is 591. The van der Waals surface area contributed by atoms with Gasteiger partial charge in [-0.05, 0) is 38.0 Å². The molecule has 0 bridgehead atoms. The van der Waals surface area contributed by atoms with E-state index in [-0.39, 0.29) is 0 Å². The van der Waals surface area contributed by atoms with Gasteiger partial charge in [0.05, 0.1) is 0 Å². The van der Waals surface area contributed by atoms with E-state index in [9.17, 15) is 0 Å². The van der Waals surface area contributed by atoms with Gasteiger partial charge in [-0.25, -0.2) is 4.98 Å². The normalized spacial score (nSPS) is 15.9. The van der Waals surface area contributed by atoms with E-state index in [1.54, 1.807) is 0 Å². The molecule has 4 nitrogen and oxygen atoms in total. The maximum absolute atomic E-state index is 4.75. The number of hydrogen-bond acceptors (Lipinski definition) is 4. The summed E-state index contributed by atoms with van der Waals surface area (Å²) >= 11 is 0. The first-order valence-corrected chi connectivity index (χ1v) is 8.79. The highest BCUT2D eigenvalue weighted by molar-refractivity contribution is 5.58. The summed E-state index contributed by atoms with van der Waals surface area (Å²) in [4.78, 5) is 11.4. The second-order valence-corrected chi connectivity index (χ2v) is 6.15. The van der Waals surface area contributed by atoms with E-state index in [1.807, 2.05) is 30.5 Å². The second kappa shape index (κ2) is 7.95. The highest BCUT2D eigenvalue weighted by atomic mass is 15.3. The van der Waals surface area contributed by atoms with Crippen LogP contribution in [0.2, 0.25) is 0 Å². The number of para-hydroxylation sites is 1. The summed E-state index contributed by atoms with van der Waals surface area (Å²) in [6, 6.07) is 12.8. The molecule has 0 aliphatic heterocycles. The lowest BCUT2D eigenvalue weighted by atomic mass is 10.1. The van der Waals surface area contributed by atoms with Crippen LogP contribution < -0.4 is 10.2 Å². The van der Waals surface area contributed by atoms with E-state index < -0.39 is 0 Å². The monoisotopic (exact) mass is 310 g/mol. The van der Waals surface area contributed by atoms with E-state index in [0.717, 1.165) is 24.0 Å². The van der Waals surface area contributed by atoms with Crippen LogP contribution in [0.5, 0.6) is 0 Å². The fraction of sp³-hybridized carbons (Fsp3) is 0.474. The average molecular weight is 310 g/mol. The van der Waals surface area contributed by atoms with Gasteiger partial charge in [-0.2, -0.15) is 4.98 Å². The molecule has 1 saturated carbocycles. The molecule has 0 amide bonds. The largest absolute Gasteiger partial charge is 0.367 e. The Labute approximate surface area is 139 Å². The number of hydrogen-bond donors (Lipinski definition) is 1. The van der Waals surface area contributed by atoms with Gasteiger partial charge in [0.25, 0.3) is 0 Å². The molecular weight excluding hydrogens is 284 g/mol. The standard InChI is InChI=1S/C19H26N4/c1-2-23(17-12-8-5-9-13-17)19-20-15-14-18(22-19)21-16-10-6-3-4-7-11-16/h5,8-9,12-16H,2-4,6-7,10-11H2,1H3,(H,20,21,22). The lowest BCUT2D eigenvalue weighted by Crippen LogP contribution is -2.22. The minimum Gasteiger partial charge on any atom is -0.367 e. The topological polar surface area (TPSA) is 41.1 Å². The Morgan fingerprint density at radius 2 is 1.78 bits per heavy atom. The molecule has 0 saturated heterocycles. The minimum atomic E-state index is 0.548. The van der Waals surface area contributed by atoms with Crippen LogP contribution in [0.3, 0.4) is 0 Å². The van der Waals surface area contributed by atoms with Gasteiger partial charge < -0.3 is 10.2 Å². The van der Waals surface area contributed by atoms with E-state index in [2.05, 4.69) is 34.3 Å². The van der Waals surface area contributed by atoms with Crippen LogP contribution in [-0.4, -0.2) is 22.6 Å². The van der Waals surface area contributed by atoms with Crippen LogP contribution in [0.15, 0.2) is 42.6 Å². The van der Waals surface area contributed by atoms with Crippen molar-refractivity contribution in [3.05, 3.63) is 42.6 Å². The molecule has 0 atom stereocenters. The fourth-order valence-electron chi connectivity index (χ4n) is 3.24.